The number of esters is 1. The van der Waals surface area contributed by atoms with Crippen LogP contribution in [0.4, 0.5) is 0 Å². The molecule has 6 N–H and O–H groups in total. The van der Waals surface area contributed by atoms with E-state index in [1.807, 2.05) is 13.0 Å². The van der Waals surface area contributed by atoms with E-state index in [-0.39, 0.29) is 19.1 Å². The first-order valence-electron chi connectivity index (χ1n) is 12.6. The lowest BCUT2D eigenvalue weighted by atomic mass is 9.95. The first-order chi connectivity index (χ1) is 17.3. The van der Waals surface area contributed by atoms with Crippen LogP contribution in [0.2, 0.25) is 0 Å². The monoisotopic (exact) mass is 495 g/mol. The Balaban J connectivity index is 0.000000199. The van der Waals surface area contributed by atoms with Gasteiger partial charge in [0.25, 0.3) is 0 Å². The molecule has 1 unspecified atom stereocenters. The van der Waals surface area contributed by atoms with Crippen LogP contribution >= 0.6 is 0 Å². The highest BCUT2D eigenvalue weighted by molar-refractivity contribution is 5.93. The fraction of sp³-hybridized carbons (Fsp3) is 0.500. The Kier molecular flexibility index (Phi) is 12.5. The Morgan fingerprint density at radius 1 is 1.00 bits per heavy atom. The molecule has 195 valence electrons. The Hall–Kier alpha value is -2.83. The zero-order valence-electron chi connectivity index (χ0n) is 21.4. The Morgan fingerprint density at radius 2 is 1.64 bits per heavy atom. The maximum absolute atomic E-state index is 11.3. The number of nitrogens with two attached hydrogens (primary N) is 2. The maximum atomic E-state index is 11.3. The van der Waals surface area contributed by atoms with Crippen molar-refractivity contribution < 1.29 is 19.7 Å². The number of fused-ring (bicyclic) bond motifs is 1. The Bertz CT molecular complexity index is 1010. The first kappa shape index (κ1) is 29.4. The lowest BCUT2D eigenvalue weighted by Gasteiger charge is -2.13. The molecule has 36 heavy (non-hydrogen) atoms. The number of rotatable bonds is 4. The first-order valence-corrected chi connectivity index (χ1v) is 12.6. The van der Waals surface area contributed by atoms with Crippen LogP contribution in [0, 0.1) is 31.6 Å². The molecule has 2 aromatic rings. The summed E-state index contributed by atoms with van der Waals surface area (Å²) in [4.78, 5) is 15.3. The van der Waals surface area contributed by atoms with Gasteiger partial charge in [-0.25, -0.2) is 4.79 Å². The molecule has 8 heteroatoms. The van der Waals surface area contributed by atoms with Crippen LogP contribution in [0.25, 0.3) is 0 Å². The van der Waals surface area contributed by atoms with Gasteiger partial charge in [0.2, 0.25) is 0 Å². The van der Waals surface area contributed by atoms with Crippen molar-refractivity contribution in [2.75, 3.05) is 13.1 Å². The molecular weight excluding hydrogens is 456 g/mol. The number of nitrogens with zero attached hydrogens (tertiary/aromatic N) is 2. The lowest BCUT2D eigenvalue weighted by Crippen LogP contribution is -2.13. The van der Waals surface area contributed by atoms with E-state index >= 15 is 0 Å². The molecule has 1 aromatic heterocycles. The number of benzene rings is 1. The smallest absolute Gasteiger partial charge is 0.338 e. The van der Waals surface area contributed by atoms with Gasteiger partial charge in [-0.05, 0) is 49.6 Å². The SMILES string of the molecule is Cc1c([C@@H](O)CN)ccc2c1COC2=O.Cc1nc(C(O)CN)ccc1C#N.[CH]1CCCCCCC1. The number of ether oxygens (including phenoxy) is 1. The molecule has 1 radical (unpaired) electrons. The summed E-state index contributed by atoms with van der Waals surface area (Å²) >= 11 is 0. The number of aryl methyl sites for hydroxylation is 1. The summed E-state index contributed by atoms with van der Waals surface area (Å²) < 4.78 is 4.92. The standard InChI is InChI=1S/C11H13NO3.C9H11N3O.C8H15/c1-6-7(10(13)4-12)2-3-8-9(6)5-15-11(8)14;1-6-7(4-10)2-3-8(12-6)9(13)5-11;1-2-4-6-8-7-5-3-1/h2-3,10,13H,4-5,12H2,1H3;2-3,9,13H,5,11H2,1H3;1H,2-8H2/t10-;;/m0../s1. The van der Waals surface area contributed by atoms with E-state index in [2.05, 4.69) is 11.4 Å². The predicted octanol–water partition coefficient (Wildman–Crippen LogP) is 3.85. The third-order valence-corrected chi connectivity index (χ3v) is 6.40. The van der Waals surface area contributed by atoms with Gasteiger partial charge in [0, 0.05) is 18.7 Å². The summed E-state index contributed by atoms with van der Waals surface area (Å²) in [6.45, 7) is 4.21. The topological polar surface area (TPSA) is 155 Å². The number of hydrogen-bond donors (Lipinski definition) is 4. The van der Waals surface area contributed by atoms with Gasteiger partial charge in [0.05, 0.1) is 28.6 Å². The van der Waals surface area contributed by atoms with Gasteiger partial charge in [-0.1, -0.05) is 51.0 Å². The van der Waals surface area contributed by atoms with Gasteiger partial charge in [-0.3, -0.25) is 4.98 Å². The molecule has 0 saturated heterocycles. The average Bonchev–Trinajstić information content (AvgIpc) is 3.25. The van der Waals surface area contributed by atoms with E-state index in [0.717, 1.165) is 16.7 Å². The normalized spacial score (nSPS) is 16.4. The quantitative estimate of drug-likeness (QED) is 0.466. The van der Waals surface area contributed by atoms with Gasteiger partial charge in [0.15, 0.2) is 0 Å². The lowest BCUT2D eigenvalue weighted by molar-refractivity contribution is 0.0535. The molecule has 4 rings (SSSR count). The maximum Gasteiger partial charge on any atom is 0.338 e. The van der Waals surface area contributed by atoms with Gasteiger partial charge in [-0.15, -0.1) is 0 Å². The number of carbonyl (C=O) groups excluding carboxylic acids is 1. The fourth-order valence-corrected chi connectivity index (χ4v) is 4.11. The van der Waals surface area contributed by atoms with Gasteiger partial charge in [0.1, 0.15) is 18.8 Å². The van der Waals surface area contributed by atoms with Crippen molar-refractivity contribution in [3.8, 4) is 6.07 Å². The summed E-state index contributed by atoms with van der Waals surface area (Å²) in [6.07, 6.45) is 11.1. The second-order valence-electron chi connectivity index (χ2n) is 9.00. The van der Waals surface area contributed by atoms with Crippen molar-refractivity contribution in [3.63, 3.8) is 0 Å². The highest BCUT2D eigenvalue weighted by Gasteiger charge is 2.25. The highest BCUT2D eigenvalue weighted by Crippen LogP contribution is 2.28. The molecule has 0 bridgehead atoms. The number of pyridine rings is 1. The number of cyclic esters (lactones) is 1. The van der Waals surface area contributed by atoms with Crippen molar-refractivity contribution in [2.24, 2.45) is 11.5 Å². The number of nitriles is 1. The molecule has 1 aliphatic carbocycles. The number of aliphatic hydroxyl groups excluding tert-OH is 2. The van der Waals surface area contributed by atoms with Crippen molar-refractivity contribution in [2.45, 2.75) is 77.6 Å². The minimum Gasteiger partial charge on any atom is -0.457 e. The molecule has 8 nitrogen and oxygen atoms in total. The average molecular weight is 496 g/mol. The third kappa shape index (κ3) is 8.38. The Morgan fingerprint density at radius 3 is 2.22 bits per heavy atom. The van der Waals surface area contributed by atoms with Crippen LogP contribution < -0.4 is 11.5 Å². The fourth-order valence-electron chi connectivity index (χ4n) is 4.11. The van der Waals surface area contributed by atoms with Gasteiger partial charge in [-0.2, -0.15) is 5.26 Å². The molecule has 0 amide bonds. The second-order valence-corrected chi connectivity index (χ2v) is 9.00. The number of hydrogen-bond acceptors (Lipinski definition) is 8. The summed E-state index contributed by atoms with van der Waals surface area (Å²) in [5.41, 5.74) is 15.5. The molecule has 1 aromatic carbocycles. The molecular formula is C28H39N4O4. The van der Waals surface area contributed by atoms with Crippen LogP contribution in [0.3, 0.4) is 0 Å². The van der Waals surface area contributed by atoms with E-state index in [9.17, 15) is 15.0 Å². The van der Waals surface area contributed by atoms with Crippen molar-refractivity contribution >= 4 is 5.97 Å². The number of aromatic nitrogens is 1. The largest absolute Gasteiger partial charge is 0.457 e. The van der Waals surface area contributed by atoms with Crippen LogP contribution in [0.15, 0.2) is 24.3 Å². The van der Waals surface area contributed by atoms with Crippen molar-refractivity contribution in [3.05, 3.63) is 69.9 Å². The molecule has 0 spiro atoms. The van der Waals surface area contributed by atoms with E-state index in [4.69, 9.17) is 21.5 Å². The molecule has 1 aliphatic heterocycles. The minimum absolute atomic E-state index is 0.137. The number of carbonyl (C=O) groups is 1. The molecule has 2 heterocycles. The predicted molar refractivity (Wildman–Crippen MR) is 139 cm³/mol. The van der Waals surface area contributed by atoms with Crippen LogP contribution in [0.1, 0.15) is 101 Å². The van der Waals surface area contributed by atoms with Gasteiger partial charge >= 0.3 is 5.97 Å². The van der Waals surface area contributed by atoms with E-state index in [0.29, 0.717) is 29.1 Å². The molecule has 2 atom stereocenters. The van der Waals surface area contributed by atoms with Crippen LogP contribution in [-0.2, 0) is 11.3 Å². The summed E-state index contributed by atoms with van der Waals surface area (Å²) in [7, 11) is 0. The summed E-state index contributed by atoms with van der Waals surface area (Å²) in [6, 6.07) is 8.67. The zero-order chi connectivity index (χ0) is 26.5. The summed E-state index contributed by atoms with van der Waals surface area (Å²) in [5, 5.41) is 27.6. The zero-order valence-corrected chi connectivity index (χ0v) is 21.4. The summed E-state index contributed by atoms with van der Waals surface area (Å²) in [5.74, 6) is -0.290. The third-order valence-electron chi connectivity index (χ3n) is 6.40. The molecule has 1 fully saturated rings. The van der Waals surface area contributed by atoms with Crippen molar-refractivity contribution in [1.82, 2.24) is 4.98 Å². The van der Waals surface area contributed by atoms with E-state index in [1.165, 1.54) is 44.9 Å². The number of aliphatic hydroxyl groups is 2. The Labute approximate surface area is 214 Å². The van der Waals surface area contributed by atoms with Crippen LogP contribution in [-0.4, -0.2) is 34.3 Å². The van der Waals surface area contributed by atoms with Crippen LogP contribution in [0.5, 0.6) is 0 Å². The minimum atomic E-state index is -0.744. The molecule has 1 saturated carbocycles. The van der Waals surface area contributed by atoms with E-state index < -0.39 is 12.2 Å². The van der Waals surface area contributed by atoms with E-state index in [1.54, 1.807) is 31.2 Å². The van der Waals surface area contributed by atoms with Crippen molar-refractivity contribution in [1.29, 1.82) is 5.26 Å². The highest BCUT2D eigenvalue weighted by atomic mass is 16.5. The second kappa shape index (κ2) is 15.3. The molecule has 2 aliphatic rings. The van der Waals surface area contributed by atoms with Gasteiger partial charge < -0.3 is 26.4 Å².